The van der Waals surface area contributed by atoms with Gasteiger partial charge in [-0.3, -0.25) is 0 Å². The smallest absolute Gasteiger partial charge is 0.0780 e. The highest BCUT2D eigenvalue weighted by atomic mass is 16.5. The van der Waals surface area contributed by atoms with Crippen LogP contribution in [-0.2, 0) is 9.47 Å². The average molecular weight is 189 g/mol. The number of methoxy groups -OCH3 is 1. The van der Waals surface area contributed by atoms with Crippen LogP contribution in [0.5, 0.6) is 0 Å². The summed E-state index contributed by atoms with van der Waals surface area (Å²) in [6, 6.07) is 0. The van der Waals surface area contributed by atoms with E-state index in [1.807, 2.05) is 6.92 Å². The van der Waals surface area contributed by atoms with E-state index >= 15 is 0 Å². The summed E-state index contributed by atoms with van der Waals surface area (Å²) in [4.78, 5) is 0. The van der Waals surface area contributed by atoms with Crippen molar-refractivity contribution in [2.24, 2.45) is 0 Å². The van der Waals surface area contributed by atoms with Crippen molar-refractivity contribution in [3.05, 3.63) is 0 Å². The van der Waals surface area contributed by atoms with Crippen molar-refractivity contribution in [3.8, 4) is 0 Å². The molecule has 3 heteroatoms. The molecule has 0 amide bonds. The SMILES string of the molecule is COCC(C)OCCNC(C)(C)C. The first-order valence-electron chi connectivity index (χ1n) is 4.81. The fourth-order valence-electron chi connectivity index (χ4n) is 0.969. The Hall–Kier alpha value is -0.120. The van der Waals surface area contributed by atoms with Crippen LogP contribution in [0.3, 0.4) is 0 Å². The van der Waals surface area contributed by atoms with Gasteiger partial charge in [-0.05, 0) is 27.7 Å². The summed E-state index contributed by atoms with van der Waals surface area (Å²) in [7, 11) is 1.69. The van der Waals surface area contributed by atoms with Crippen LogP contribution >= 0.6 is 0 Å². The fraction of sp³-hybridized carbons (Fsp3) is 1.00. The zero-order valence-corrected chi connectivity index (χ0v) is 9.52. The van der Waals surface area contributed by atoms with Crippen molar-refractivity contribution in [2.45, 2.75) is 39.3 Å². The third kappa shape index (κ3) is 9.80. The molecule has 0 aliphatic rings. The molecule has 0 radical (unpaired) electrons. The van der Waals surface area contributed by atoms with Crippen LogP contribution in [0, 0.1) is 0 Å². The van der Waals surface area contributed by atoms with Gasteiger partial charge in [0.05, 0.1) is 19.3 Å². The second-order valence-corrected chi connectivity index (χ2v) is 4.31. The van der Waals surface area contributed by atoms with Crippen LogP contribution in [0.15, 0.2) is 0 Å². The van der Waals surface area contributed by atoms with Crippen LogP contribution in [0.1, 0.15) is 27.7 Å². The Morgan fingerprint density at radius 1 is 1.31 bits per heavy atom. The van der Waals surface area contributed by atoms with E-state index in [2.05, 4.69) is 26.1 Å². The summed E-state index contributed by atoms with van der Waals surface area (Å²) in [5.74, 6) is 0. The second-order valence-electron chi connectivity index (χ2n) is 4.31. The highest BCUT2D eigenvalue weighted by Gasteiger charge is 2.08. The minimum atomic E-state index is 0.174. The molecule has 0 aliphatic carbocycles. The maximum Gasteiger partial charge on any atom is 0.0780 e. The largest absolute Gasteiger partial charge is 0.382 e. The molecule has 0 bridgehead atoms. The van der Waals surface area contributed by atoms with Crippen molar-refractivity contribution >= 4 is 0 Å². The summed E-state index contributed by atoms with van der Waals surface area (Å²) < 4.78 is 10.4. The zero-order valence-electron chi connectivity index (χ0n) is 9.52. The summed E-state index contributed by atoms with van der Waals surface area (Å²) in [5.41, 5.74) is 0.174. The molecule has 80 valence electrons. The van der Waals surface area contributed by atoms with E-state index in [-0.39, 0.29) is 11.6 Å². The monoisotopic (exact) mass is 189 g/mol. The average Bonchev–Trinajstić information content (AvgIpc) is 1.97. The lowest BCUT2D eigenvalue weighted by molar-refractivity contribution is 0.00931. The van der Waals surface area contributed by atoms with Gasteiger partial charge in [-0.1, -0.05) is 0 Å². The van der Waals surface area contributed by atoms with E-state index in [9.17, 15) is 0 Å². The maximum absolute atomic E-state index is 5.49. The van der Waals surface area contributed by atoms with E-state index in [1.54, 1.807) is 7.11 Å². The number of nitrogens with one attached hydrogen (secondary N) is 1. The standard InChI is InChI=1S/C10H23NO2/c1-9(8-12-5)13-7-6-11-10(2,3)4/h9,11H,6-8H2,1-5H3. The number of hydrogen-bond acceptors (Lipinski definition) is 3. The third-order valence-electron chi connectivity index (χ3n) is 1.56. The van der Waals surface area contributed by atoms with E-state index in [0.29, 0.717) is 6.61 Å². The van der Waals surface area contributed by atoms with Gasteiger partial charge in [-0.2, -0.15) is 0 Å². The minimum absolute atomic E-state index is 0.174. The van der Waals surface area contributed by atoms with Crippen molar-refractivity contribution < 1.29 is 9.47 Å². The van der Waals surface area contributed by atoms with Gasteiger partial charge in [0.2, 0.25) is 0 Å². The Labute approximate surface area is 81.8 Å². The molecule has 3 nitrogen and oxygen atoms in total. The highest BCUT2D eigenvalue weighted by Crippen LogP contribution is 1.97. The van der Waals surface area contributed by atoms with Crippen LogP contribution in [0.25, 0.3) is 0 Å². The Balaban J connectivity index is 3.25. The predicted molar refractivity (Wildman–Crippen MR) is 55.0 cm³/mol. The molecule has 0 aliphatic heterocycles. The van der Waals surface area contributed by atoms with Gasteiger partial charge < -0.3 is 14.8 Å². The van der Waals surface area contributed by atoms with Gasteiger partial charge in [-0.25, -0.2) is 0 Å². The van der Waals surface area contributed by atoms with E-state index in [1.165, 1.54) is 0 Å². The molecule has 0 rings (SSSR count). The molecule has 0 aromatic carbocycles. The molecule has 13 heavy (non-hydrogen) atoms. The lowest BCUT2D eigenvalue weighted by Gasteiger charge is -2.21. The quantitative estimate of drug-likeness (QED) is 0.641. The molecule has 0 spiro atoms. The first-order valence-corrected chi connectivity index (χ1v) is 4.81. The van der Waals surface area contributed by atoms with Gasteiger partial charge in [-0.15, -0.1) is 0 Å². The zero-order chi connectivity index (χ0) is 10.3. The lowest BCUT2D eigenvalue weighted by atomic mass is 10.1. The van der Waals surface area contributed by atoms with Crippen molar-refractivity contribution in [1.82, 2.24) is 5.32 Å². The predicted octanol–water partition coefficient (Wildman–Crippen LogP) is 1.43. The van der Waals surface area contributed by atoms with E-state index in [0.717, 1.165) is 13.2 Å². The molecule has 0 saturated heterocycles. The van der Waals surface area contributed by atoms with Crippen molar-refractivity contribution in [1.29, 1.82) is 0 Å². The summed E-state index contributed by atoms with van der Waals surface area (Å²) >= 11 is 0. The van der Waals surface area contributed by atoms with Crippen molar-refractivity contribution in [3.63, 3.8) is 0 Å². The molecule has 1 N–H and O–H groups in total. The molecular weight excluding hydrogens is 166 g/mol. The Morgan fingerprint density at radius 2 is 1.92 bits per heavy atom. The molecule has 1 atom stereocenters. The third-order valence-corrected chi connectivity index (χ3v) is 1.56. The molecule has 1 unspecified atom stereocenters. The number of hydrogen-bond donors (Lipinski definition) is 1. The first kappa shape index (κ1) is 12.9. The Bertz CT molecular complexity index is 121. The van der Waals surface area contributed by atoms with E-state index < -0.39 is 0 Å². The Morgan fingerprint density at radius 3 is 2.38 bits per heavy atom. The number of ether oxygens (including phenoxy) is 2. The summed E-state index contributed by atoms with van der Waals surface area (Å²) in [6.07, 6.45) is 0.187. The molecule has 0 saturated carbocycles. The topological polar surface area (TPSA) is 30.5 Å². The molecular formula is C10H23NO2. The van der Waals surface area contributed by atoms with Crippen LogP contribution in [0.2, 0.25) is 0 Å². The minimum Gasteiger partial charge on any atom is -0.382 e. The fourth-order valence-corrected chi connectivity index (χ4v) is 0.969. The highest BCUT2D eigenvalue weighted by molar-refractivity contribution is 4.69. The molecule has 0 fully saturated rings. The molecule has 0 heterocycles. The second kappa shape index (κ2) is 6.35. The maximum atomic E-state index is 5.49. The van der Waals surface area contributed by atoms with E-state index in [4.69, 9.17) is 9.47 Å². The number of rotatable bonds is 6. The van der Waals surface area contributed by atoms with Crippen LogP contribution in [-0.4, -0.2) is 38.5 Å². The van der Waals surface area contributed by atoms with Gasteiger partial charge in [0.15, 0.2) is 0 Å². The molecule has 0 aromatic heterocycles. The Kier molecular flexibility index (Phi) is 6.29. The van der Waals surface area contributed by atoms with Gasteiger partial charge in [0, 0.05) is 19.2 Å². The molecule has 0 aromatic rings. The van der Waals surface area contributed by atoms with Gasteiger partial charge >= 0.3 is 0 Å². The lowest BCUT2D eigenvalue weighted by Crippen LogP contribution is -2.38. The van der Waals surface area contributed by atoms with Crippen LogP contribution in [0.4, 0.5) is 0 Å². The first-order chi connectivity index (χ1) is 5.95. The van der Waals surface area contributed by atoms with Gasteiger partial charge in [0.25, 0.3) is 0 Å². The van der Waals surface area contributed by atoms with Crippen molar-refractivity contribution in [2.75, 3.05) is 26.9 Å². The van der Waals surface area contributed by atoms with Crippen LogP contribution < -0.4 is 5.32 Å². The summed E-state index contributed by atoms with van der Waals surface area (Å²) in [5, 5.41) is 3.35. The normalized spacial score (nSPS) is 14.5. The summed E-state index contributed by atoms with van der Waals surface area (Å²) in [6.45, 7) is 10.7. The van der Waals surface area contributed by atoms with Gasteiger partial charge in [0.1, 0.15) is 0 Å².